The number of aliphatic hydroxyl groups is 1. The van der Waals surface area contributed by atoms with Crippen molar-refractivity contribution >= 4 is 22.5 Å². The molecular formula is C26H20ClFN4O2. The van der Waals surface area contributed by atoms with Crippen LogP contribution in [0, 0.1) is 12.7 Å². The number of benzene rings is 2. The molecule has 6 nitrogen and oxygen atoms in total. The fraction of sp³-hybridized carbons (Fsp3) is 0.115. The highest BCUT2D eigenvalue weighted by atomic mass is 35.5. The average Bonchev–Trinajstić information content (AvgIpc) is 3.23. The summed E-state index contributed by atoms with van der Waals surface area (Å²) in [5, 5.41) is 18.4. The number of aliphatic hydroxyl groups excluding tert-OH is 1. The molecule has 0 spiro atoms. The maximum atomic E-state index is 15.0. The van der Waals surface area contributed by atoms with Crippen LogP contribution in [-0.4, -0.2) is 31.5 Å². The Morgan fingerprint density at radius 1 is 1.12 bits per heavy atom. The molecule has 0 fully saturated rings. The van der Waals surface area contributed by atoms with Gasteiger partial charge >= 0.3 is 0 Å². The fourth-order valence-corrected chi connectivity index (χ4v) is 4.35. The molecule has 2 N–H and O–H groups in total. The first-order valence-corrected chi connectivity index (χ1v) is 11.0. The molecule has 0 bridgehead atoms. The van der Waals surface area contributed by atoms with Crippen molar-refractivity contribution in [2.24, 2.45) is 0 Å². The van der Waals surface area contributed by atoms with Crippen molar-refractivity contribution in [1.82, 2.24) is 19.7 Å². The molecule has 0 amide bonds. The summed E-state index contributed by atoms with van der Waals surface area (Å²) in [5.41, 5.74) is 3.99. The van der Waals surface area contributed by atoms with Crippen LogP contribution >= 0.6 is 11.6 Å². The Morgan fingerprint density at radius 3 is 2.71 bits per heavy atom. The second-order valence-electron chi connectivity index (χ2n) is 8.05. The van der Waals surface area contributed by atoms with E-state index in [0.29, 0.717) is 27.4 Å². The third-order valence-electron chi connectivity index (χ3n) is 5.82. The quantitative estimate of drug-likeness (QED) is 0.369. The van der Waals surface area contributed by atoms with Gasteiger partial charge in [-0.05, 0) is 54.4 Å². The summed E-state index contributed by atoms with van der Waals surface area (Å²) in [6.45, 7) is 1.60. The lowest BCUT2D eigenvalue weighted by molar-refractivity contribution is 0.247. The number of H-pyrrole nitrogens is 1. The first-order valence-electron chi connectivity index (χ1n) is 10.6. The van der Waals surface area contributed by atoms with Gasteiger partial charge in [0.05, 0.1) is 18.2 Å². The Kier molecular flexibility index (Phi) is 5.73. The van der Waals surface area contributed by atoms with E-state index >= 15 is 4.39 Å². The summed E-state index contributed by atoms with van der Waals surface area (Å²) in [6, 6.07) is 16.2. The third kappa shape index (κ3) is 4.00. The molecule has 5 rings (SSSR count). The molecule has 0 aliphatic rings. The van der Waals surface area contributed by atoms with E-state index in [1.54, 1.807) is 48.8 Å². The number of hydrogen-bond acceptors (Lipinski definition) is 4. The zero-order chi connectivity index (χ0) is 23.8. The van der Waals surface area contributed by atoms with E-state index in [1.165, 1.54) is 16.7 Å². The predicted octanol–water partition coefficient (Wildman–Crippen LogP) is 5.14. The van der Waals surface area contributed by atoms with Crippen LogP contribution in [0.2, 0.25) is 5.02 Å². The molecule has 0 aliphatic heterocycles. The second kappa shape index (κ2) is 8.85. The third-order valence-corrected chi connectivity index (χ3v) is 6.06. The van der Waals surface area contributed by atoms with Crippen LogP contribution in [0.5, 0.6) is 0 Å². The van der Waals surface area contributed by atoms with Crippen LogP contribution in [0.15, 0.2) is 77.9 Å². The van der Waals surface area contributed by atoms with Crippen LogP contribution in [0.4, 0.5) is 4.39 Å². The fourth-order valence-electron chi connectivity index (χ4n) is 4.15. The van der Waals surface area contributed by atoms with Crippen molar-refractivity contribution in [2.75, 3.05) is 6.61 Å². The minimum atomic E-state index is -0.608. The molecule has 170 valence electrons. The number of fused-ring (bicyclic) bond motifs is 1. The van der Waals surface area contributed by atoms with Crippen LogP contribution in [0.3, 0.4) is 0 Å². The van der Waals surface area contributed by atoms with Crippen LogP contribution in [0.25, 0.3) is 33.3 Å². The molecule has 0 aliphatic carbocycles. The number of aromatic nitrogens is 4. The Bertz CT molecular complexity index is 1580. The molecule has 34 heavy (non-hydrogen) atoms. The van der Waals surface area contributed by atoms with E-state index in [2.05, 4.69) is 15.2 Å². The number of halogens is 2. The van der Waals surface area contributed by atoms with Gasteiger partial charge in [-0.1, -0.05) is 23.7 Å². The molecular weight excluding hydrogens is 455 g/mol. The summed E-state index contributed by atoms with van der Waals surface area (Å²) in [4.78, 5) is 17.2. The van der Waals surface area contributed by atoms with Crippen molar-refractivity contribution in [3.8, 4) is 22.4 Å². The standard InChI is InChI=1S/C26H20ClFN4O2/c1-15-9-18(5-7-29-15)26-21-12-20(22(28)13-23(21)30-31-26)16-6-8-32(25(34)11-16)24(14-33)17-3-2-4-19(27)10-17/h2-13,24,33H,14H2,1H3,(H,30,31). The average molecular weight is 475 g/mol. The SMILES string of the molecule is Cc1cc(-c2n[nH]c3cc(F)c(-c4ccn(C(CO)c5cccc(Cl)c5)c(=O)c4)cc23)ccn1. The highest BCUT2D eigenvalue weighted by Gasteiger charge is 2.17. The van der Waals surface area contributed by atoms with Gasteiger partial charge in [0.25, 0.3) is 5.56 Å². The molecule has 1 unspecified atom stereocenters. The first-order chi connectivity index (χ1) is 16.4. The highest BCUT2D eigenvalue weighted by molar-refractivity contribution is 6.30. The van der Waals surface area contributed by atoms with Gasteiger partial charge in [-0.15, -0.1) is 0 Å². The molecule has 3 aromatic heterocycles. The van der Waals surface area contributed by atoms with E-state index in [1.807, 2.05) is 19.1 Å². The zero-order valence-corrected chi connectivity index (χ0v) is 18.9. The zero-order valence-electron chi connectivity index (χ0n) is 18.2. The van der Waals surface area contributed by atoms with Gasteiger partial charge in [0.2, 0.25) is 0 Å². The van der Waals surface area contributed by atoms with Crippen LogP contribution in [-0.2, 0) is 0 Å². The normalized spacial score (nSPS) is 12.2. The van der Waals surface area contributed by atoms with Gasteiger partial charge in [0.1, 0.15) is 11.5 Å². The lowest BCUT2D eigenvalue weighted by Crippen LogP contribution is -2.26. The van der Waals surface area contributed by atoms with Crippen molar-refractivity contribution in [3.05, 3.63) is 106 Å². The highest BCUT2D eigenvalue weighted by Crippen LogP contribution is 2.32. The summed E-state index contributed by atoms with van der Waals surface area (Å²) in [6.07, 6.45) is 3.26. The van der Waals surface area contributed by atoms with E-state index < -0.39 is 11.9 Å². The maximum absolute atomic E-state index is 15.0. The first kappa shape index (κ1) is 22.0. The van der Waals surface area contributed by atoms with Crippen molar-refractivity contribution in [3.63, 3.8) is 0 Å². The Morgan fingerprint density at radius 2 is 1.97 bits per heavy atom. The number of pyridine rings is 2. The summed E-state index contributed by atoms with van der Waals surface area (Å²) in [7, 11) is 0. The lowest BCUT2D eigenvalue weighted by Gasteiger charge is -2.18. The largest absolute Gasteiger partial charge is 0.394 e. The Hall–Kier alpha value is -3.81. The number of aromatic amines is 1. The van der Waals surface area contributed by atoms with E-state index in [0.717, 1.165) is 16.6 Å². The number of hydrogen-bond donors (Lipinski definition) is 2. The molecule has 5 aromatic rings. The van der Waals surface area contributed by atoms with Gasteiger partial charge in [0, 0.05) is 51.8 Å². The Labute approximate surface area is 199 Å². The summed E-state index contributed by atoms with van der Waals surface area (Å²) < 4.78 is 16.4. The topological polar surface area (TPSA) is 83.8 Å². The van der Waals surface area contributed by atoms with Crippen molar-refractivity contribution in [1.29, 1.82) is 0 Å². The Balaban J connectivity index is 1.59. The monoisotopic (exact) mass is 474 g/mol. The number of nitrogens with zero attached hydrogens (tertiary/aromatic N) is 3. The molecule has 0 saturated heterocycles. The van der Waals surface area contributed by atoms with Crippen LogP contribution < -0.4 is 5.56 Å². The minimum Gasteiger partial charge on any atom is -0.394 e. The van der Waals surface area contributed by atoms with Gasteiger partial charge in [-0.25, -0.2) is 4.39 Å². The van der Waals surface area contributed by atoms with Crippen molar-refractivity contribution < 1.29 is 9.50 Å². The van der Waals surface area contributed by atoms with E-state index in [9.17, 15) is 9.90 Å². The minimum absolute atomic E-state index is 0.286. The lowest BCUT2D eigenvalue weighted by atomic mass is 10.0. The van der Waals surface area contributed by atoms with Gasteiger partial charge in [0.15, 0.2) is 0 Å². The molecule has 3 heterocycles. The van der Waals surface area contributed by atoms with E-state index in [4.69, 9.17) is 11.6 Å². The molecule has 0 radical (unpaired) electrons. The van der Waals surface area contributed by atoms with E-state index in [-0.39, 0.29) is 17.7 Å². The number of nitrogens with one attached hydrogen (secondary N) is 1. The second-order valence-corrected chi connectivity index (χ2v) is 8.49. The van der Waals surface area contributed by atoms with Gasteiger partial charge in [-0.2, -0.15) is 5.10 Å². The summed E-state index contributed by atoms with van der Waals surface area (Å²) in [5.74, 6) is -0.473. The smallest absolute Gasteiger partial charge is 0.251 e. The number of rotatable bonds is 5. The molecule has 0 saturated carbocycles. The number of aryl methyl sites for hydroxylation is 1. The van der Waals surface area contributed by atoms with Gasteiger partial charge < -0.3 is 9.67 Å². The van der Waals surface area contributed by atoms with Gasteiger partial charge in [-0.3, -0.25) is 14.9 Å². The van der Waals surface area contributed by atoms with Crippen LogP contribution in [0.1, 0.15) is 17.3 Å². The maximum Gasteiger partial charge on any atom is 0.251 e. The molecule has 1 atom stereocenters. The molecule has 8 heteroatoms. The predicted molar refractivity (Wildman–Crippen MR) is 130 cm³/mol. The van der Waals surface area contributed by atoms with Crippen molar-refractivity contribution in [2.45, 2.75) is 13.0 Å². The summed E-state index contributed by atoms with van der Waals surface area (Å²) >= 11 is 6.08. The molecule has 2 aromatic carbocycles.